The van der Waals surface area contributed by atoms with Crippen molar-refractivity contribution in [3.63, 3.8) is 0 Å². The first kappa shape index (κ1) is 19.4. The molecule has 0 bridgehead atoms. The van der Waals surface area contributed by atoms with Crippen LogP contribution in [0.2, 0.25) is 0 Å². The van der Waals surface area contributed by atoms with Crippen LogP contribution < -0.4 is 16.0 Å². The molecule has 0 fully saturated rings. The van der Waals surface area contributed by atoms with Gasteiger partial charge in [-0.3, -0.25) is 9.48 Å². The zero-order chi connectivity index (χ0) is 21.3. The molecule has 150 valence electrons. The van der Waals surface area contributed by atoms with E-state index in [9.17, 15) is 10.1 Å². The van der Waals surface area contributed by atoms with Gasteiger partial charge in [-0.25, -0.2) is 5.10 Å². The fourth-order valence-electron chi connectivity index (χ4n) is 3.58. The molecule has 0 aliphatic heterocycles. The number of H-pyrrole nitrogens is 1. The lowest BCUT2D eigenvalue weighted by Gasteiger charge is -2.11. The van der Waals surface area contributed by atoms with Crippen LogP contribution in [-0.4, -0.2) is 26.6 Å². The molecule has 0 amide bonds. The SMILES string of the molecule is CCOc1ccc(-c2c(-c3ccc4c(=O)[nH]nc(CN)c4c3)cnn2C)cc1C#N. The summed E-state index contributed by atoms with van der Waals surface area (Å²) < 4.78 is 7.29. The van der Waals surface area contributed by atoms with Crippen LogP contribution in [0.3, 0.4) is 0 Å². The second kappa shape index (κ2) is 7.81. The molecule has 0 aliphatic rings. The smallest absolute Gasteiger partial charge is 0.272 e. The molecule has 0 saturated carbocycles. The van der Waals surface area contributed by atoms with Gasteiger partial charge in [-0.05, 0) is 42.8 Å². The van der Waals surface area contributed by atoms with Gasteiger partial charge in [0.15, 0.2) is 0 Å². The number of aromatic amines is 1. The summed E-state index contributed by atoms with van der Waals surface area (Å²) in [4.78, 5) is 12.1. The average molecular weight is 400 g/mol. The zero-order valence-corrected chi connectivity index (χ0v) is 16.6. The number of aromatic nitrogens is 4. The van der Waals surface area contributed by atoms with Gasteiger partial charge < -0.3 is 10.5 Å². The molecule has 0 atom stereocenters. The molecule has 30 heavy (non-hydrogen) atoms. The quantitative estimate of drug-likeness (QED) is 0.531. The third-order valence-corrected chi connectivity index (χ3v) is 4.98. The average Bonchev–Trinajstić information content (AvgIpc) is 3.15. The van der Waals surface area contributed by atoms with Crippen LogP contribution in [0, 0.1) is 11.3 Å². The van der Waals surface area contributed by atoms with Crippen molar-refractivity contribution in [1.82, 2.24) is 20.0 Å². The summed E-state index contributed by atoms with van der Waals surface area (Å²) in [5.41, 5.74) is 10.1. The summed E-state index contributed by atoms with van der Waals surface area (Å²) in [6.45, 7) is 2.57. The Morgan fingerprint density at radius 2 is 2.00 bits per heavy atom. The molecule has 3 N–H and O–H groups in total. The number of nitrogens with two attached hydrogens (primary N) is 1. The third-order valence-electron chi connectivity index (χ3n) is 4.98. The lowest BCUT2D eigenvalue weighted by Crippen LogP contribution is -2.13. The van der Waals surface area contributed by atoms with Crippen molar-refractivity contribution in [1.29, 1.82) is 5.26 Å². The predicted molar refractivity (Wildman–Crippen MR) is 114 cm³/mol. The molecule has 0 aliphatic carbocycles. The maximum absolute atomic E-state index is 12.1. The van der Waals surface area contributed by atoms with Crippen LogP contribution in [0.15, 0.2) is 47.4 Å². The maximum Gasteiger partial charge on any atom is 0.272 e. The Morgan fingerprint density at radius 1 is 1.20 bits per heavy atom. The molecule has 0 saturated heterocycles. The van der Waals surface area contributed by atoms with E-state index in [-0.39, 0.29) is 12.1 Å². The lowest BCUT2D eigenvalue weighted by molar-refractivity contribution is 0.339. The Hall–Kier alpha value is -3.96. The van der Waals surface area contributed by atoms with Crippen molar-refractivity contribution < 1.29 is 4.74 Å². The monoisotopic (exact) mass is 400 g/mol. The molecular formula is C22H20N6O2. The van der Waals surface area contributed by atoms with Gasteiger partial charge in [0.25, 0.3) is 5.56 Å². The summed E-state index contributed by atoms with van der Waals surface area (Å²) in [5, 5.41) is 21.7. The van der Waals surface area contributed by atoms with E-state index < -0.39 is 0 Å². The molecule has 0 spiro atoms. The molecular weight excluding hydrogens is 380 g/mol. The van der Waals surface area contributed by atoms with Crippen molar-refractivity contribution >= 4 is 10.8 Å². The highest BCUT2D eigenvalue weighted by Gasteiger charge is 2.16. The van der Waals surface area contributed by atoms with Gasteiger partial charge in [0.2, 0.25) is 0 Å². The zero-order valence-electron chi connectivity index (χ0n) is 16.6. The Morgan fingerprint density at radius 3 is 2.73 bits per heavy atom. The minimum Gasteiger partial charge on any atom is -0.492 e. The minimum absolute atomic E-state index is 0.209. The number of hydrogen-bond donors (Lipinski definition) is 2. The Kier molecular flexibility index (Phi) is 5.04. The van der Waals surface area contributed by atoms with Gasteiger partial charge in [0.1, 0.15) is 11.8 Å². The van der Waals surface area contributed by atoms with E-state index in [0.717, 1.165) is 22.4 Å². The van der Waals surface area contributed by atoms with E-state index in [4.69, 9.17) is 10.5 Å². The van der Waals surface area contributed by atoms with Gasteiger partial charge in [-0.2, -0.15) is 15.5 Å². The highest BCUT2D eigenvalue weighted by atomic mass is 16.5. The van der Waals surface area contributed by atoms with Crippen molar-refractivity contribution in [3.05, 3.63) is 64.2 Å². The Bertz CT molecular complexity index is 1350. The summed E-state index contributed by atoms with van der Waals surface area (Å²) >= 11 is 0. The van der Waals surface area contributed by atoms with Crippen LogP contribution in [0.25, 0.3) is 33.2 Å². The van der Waals surface area contributed by atoms with Crippen molar-refractivity contribution in [2.75, 3.05) is 6.61 Å². The van der Waals surface area contributed by atoms with Crippen LogP contribution in [-0.2, 0) is 13.6 Å². The number of nitriles is 1. The molecule has 4 rings (SSSR count). The molecule has 0 unspecified atom stereocenters. The first-order valence-corrected chi connectivity index (χ1v) is 9.48. The highest BCUT2D eigenvalue weighted by Crippen LogP contribution is 2.35. The van der Waals surface area contributed by atoms with E-state index in [1.165, 1.54) is 0 Å². The van der Waals surface area contributed by atoms with E-state index >= 15 is 0 Å². The molecule has 8 heteroatoms. The van der Waals surface area contributed by atoms with E-state index in [2.05, 4.69) is 21.4 Å². The lowest BCUT2D eigenvalue weighted by atomic mass is 9.97. The summed E-state index contributed by atoms with van der Waals surface area (Å²) in [5.74, 6) is 0.552. The first-order chi connectivity index (χ1) is 14.6. The number of aryl methyl sites for hydroxylation is 1. The van der Waals surface area contributed by atoms with Gasteiger partial charge in [0, 0.05) is 30.1 Å². The van der Waals surface area contributed by atoms with E-state index in [1.54, 1.807) is 29.1 Å². The number of rotatable bonds is 5. The van der Waals surface area contributed by atoms with Gasteiger partial charge >= 0.3 is 0 Å². The summed E-state index contributed by atoms with van der Waals surface area (Å²) in [7, 11) is 1.85. The molecule has 2 heterocycles. The third kappa shape index (κ3) is 3.21. The van der Waals surface area contributed by atoms with Crippen LogP contribution >= 0.6 is 0 Å². The molecule has 0 radical (unpaired) electrons. The number of fused-ring (bicyclic) bond motifs is 1. The van der Waals surface area contributed by atoms with Crippen molar-refractivity contribution in [3.8, 4) is 34.2 Å². The number of ether oxygens (including phenoxy) is 1. The highest BCUT2D eigenvalue weighted by molar-refractivity contribution is 5.91. The van der Waals surface area contributed by atoms with E-state index in [1.807, 2.05) is 32.2 Å². The number of hydrogen-bond acceptors (Lipinski definition) is 6. The topological polar surface area (TPSA) is 123 Å². The van der Waals surface area contributed by atoms with Crippen LogP contribution in [0.5, 0.6) is 5.75 Å². The second-order valence-corrected chi connectivity index (χ2v) is 6.75. The molecule has 2 aromatic heterocycles. The standard InChI is InChI=1S/C22H20N6O2/c1-3-30-20-7-5-14(8-15(20)10-23)21-18(12-25-28(21)2)13-4-6-16-17(9-13)19(11-24)26-27-22(16)29/h4-9,12H,3,11,24H2,1-2H3,(H,27,29). The fraction of sp³-hybridized carbons (Fsp3) is 0.182. The second-order valence-electron chi connectivity index (χ2n) is 6.75. The van der Waals surface area contributed by atoms with Gasteiger partial charge in [-0.15, -0.1) is 0 Å². The van der Waals surface area contributed by atoms with Crippen LogP contribution in [0.1, 0.15) is 18.2 Å². The predicted octanol–water partition coefficient (Wildman–Crippen LogP) is 2.72. The normalized spacial score (nSPS) is 10.9. The molecule has 8 nitrogen and oxygen atoms in total. The van der Waals surface area contributed by atoms with Crippen molar-refractivity contribution in [2.24, 2.45) is 12.8 Å². The van der Waals surface area contributed by atoms with Crippen LogP contribution in [0.4, 0.5) is 0 Å². The first-order valence-electron chi connectivity index (χ1n) is 9.48. The van der Waals surface area contributed by atoms with E-state index in [0.29, 0.717) is 34.4 Å². The largest absolute Gasteiger partial charge is 0.492 e. The molecule has 2 aromatic carbocycles. The fourth-order valence-corrected chi connectivity index (χ4v) is 3.58. The van der Waals surface area contributed by atoms with Crippen molar-refractivity contribution in [2.45, 2.75) is 13.5 Å². The number of nitrogens with zero attached hydrogens (tertiary/aromatic N) is 4. The minimum atomic E-state index is -0.259. The molecule has 4 aromatic rings. The number of nitrogens with one attached hydrogen (secondary N) is 1. The Labute approximate surface area is 172 Å². The Balaban J connectivity index is 1.90. The number of benzene rings is 2. The maximum atomic E-state index is 12.1. The summed E-state index contributed by atoms with van der Waals surface area (Å²) in [6, 6.07) is 13.2. The van der Waals surface area contributed by atoms with Gasteiger partial charge in [0.05, 0.1) is 35.1 Å². The summed E-state index contributed by atoms with van der Waals surface area (Å²) in [6.07, 6.45) is 1.77. The van der Waals surface area contributed by atoms with Gasteiger partial charge in [-0.1, -0.05) is 6.07 Å².